The van der Waals surface area contributed by atoms with Gasteiger partial charge in [0, 0.05) is 13.2 Å². The second kappa shape index (κ2) is 6.66. The summed E-state index contributed by atoms with van der Waals surface area (Å²) in [5.41, 5.74) is -0.344. The lowest BCUT2D eigenvalue weighted by atomic mass is 10.2. The number of nitrogens with one attached hydrogen (secondary N) is 1. The van der Waals surface area contributed by atoms with Crippen molar-refractivity contribution in [1.82, 2.24) is 24.8 Å². The molecule has 22 heavy (non-hydrogen) atoms. The summed E-state index contributed by atoms with van der Waals surface area (Å²) >= 11 is 0. The van der Waals surface area contributed by atoms with E-state index >= 15 is 0 Å². The molecule has 0 saturated heterocycles. The SMILES string of the molecule is COc1nc(CNC(=O)c2cccn(C)c2=O)nc(OC)n1. The molecule has 0 spiro atoms. The zero-order valence-electron chi connectivity index (χ0n) is 12.4. The van der Waals surface area contributed by atoms with Crippen molar-refractivity contribution in [3.63, 3.8) is 0 Å². The van der Waals surface area contributed by atoms with Gasteiger partial charge in [0.05, 0.1) is 20.8 Å². The molecule has 0 aliphatic heterocycles. The summed E-state index contributed by atoms with van der Waals surface area (Å²) in [4.78, 5) is 35.7. The van der Waals surface area contributed by atoms with Crippen LogP contribution in [0.2, 0.25) is 0 Å². The largest absolute Gasteiger partial charge is 0.467 e. The number of rotatable bonds is 5. The normalized spacial score (nSPS) is 10.1. The van der Waals surface area contributed by atoms with Gasteiger partial charge < -0.3 is 19.4 Å². The van der Waals surface area contributed by atoms with Crippen molar-refractivity contribution in [2.75, 3.05) is 14.2 Å². The average Bonchev–Trinajstić information content (AvgIpc) is 2.54. The summed E-state index contributed by atoms with van der Waals surface area (Å²) in [5, 5.41) is 2.57. The number of aryl methyl sites for hydroxylation is 1. The van der Waals surface area contributed by atoms with Crippen LogP contribution in [0.5, 0.6) is 12.0 Å². The predicted octanol–water partition coefficient (Wildman–Crippen LogP) is -0.482. The van der Waals surface area contributed by atoms with Gasteiger partial charge >= 0.3 is 12.0 Å². The van der Waals surface area contributed by atoms with Gasteiger partial charge in [-0.2, -0.15) is 9.97 Å². The van der Waals surface area contributed by atoms with Crippen molar-refractivity contribution in [2.24, 2.45) is 7.05 Å². The van der Waals surface area contributed by atoms with Gasteiger partial charge in [-0.3, -0.25) is 9.59 Å². The van der Waals surface area contributed by atoms with E-state index in [1.807, 2.05) is 0 Å². The van der Waals surface area contributed by atoms with Crippen LogP contribution in [-0.4, -0.2) is 39.6 Å². The Bertz CT molecular complexity index is 721. The van der Waals surface area contributed by atoms with Crippen LogP contribution in [0.4, 0.5) is 0 Å². The van der Waals surface area contributed by atoms with Crippen molar-refractivity contribution >= 4 is 5.91 Å². The first-order valence-electron chi connectivity index (χ1n) is 6.32. The van der Waals surface area contributed by atoms with Gasteiger partial charge in [0.15, 0.2) is 5.82 Å². The van der Waals surface area contributed by atoms with Crippen molar-refractivity contribution in [2.45, 2.75) is 6.54 Å². The molecule has 2 heterocycles. The highest BCUT2D eigenvalue weighted by atomic mass is 16.5. The molecule has 9 nitrogen and oxygen atoms in total. The maximum atomic E-state index is 12.0. The molecule has 0 unspecified atom stereocenters. The highest BCUT2D eigenvalue weighted by Crippen LogP contribution is 2.08. The lowest BCUT2D eigenvalue weighted by molar-refractivity contribution is 0.0947. The fraction of sp³-hybridized carbons (Fsp3) is 0.308. The minimum Gasteiger partial charge on any atom is -0.467 e. The van der Waals surface area contributed by atoms with Crippen LogP contribution in [-0.2, 0) is 13.6 Å². The number of hydrogen-bond acceptors (Lipinski definition) is 7. The van der Waals surface area contributed by atoms with Gasteiger partial charge in [0.2, 0.25) is 0 Å². The van der Waals surface area contributed by atoms with E-state index in [0.717, 1.165) is 0 Å². The Hall–Kier alpha value is -2.97. The van der Waals surface area contributed by atoms with Crippen molar-refractivity contribution in [1.29, 1.82) is 0 Å². The third-order valence-corrected chi connectivity index (χ3v) is 2.78. The number of pyridine rings is 1. The minimum atomic E-state index is -0.514. The van der Waals surface area contributed by atoms with E-state index in [2.05, 4.69) is 20.3 Å². The molecule has 2 rings (SSSR count). The van der Waals surface area contributed by atoms with Crippen molar-refractivity contribution in [3.05, 3.63) is 40.1 Å². The van der Waals surface area contributed by atoms with E-state index < -0.39 is 5.91 Å². The highest BCUT2D eigenvalue weighted by Gasteiger charge is 2.13. The molecule has 0 saturated carbocycles. The first-order chi connectivity index (χ1) is 10.5. The lowest BCUT2D eigenvalue weighted by Crippen LogP contribution is -2.32. The maximum Gasteiger partial charge on any atom is 0.322 e. The highest BCUT2D eigenvalue weighted by molar-refractivity contribution is 5.93. The van der Waals surface area contributed by atoms with Crippen LogP contribution in [0.15, 0.2) is 23.1 Å². The molecule has 0 radical (unpaired) electrons. The van der Waals surface area contributed by atoms with Gasteiger partial charge in [-0.15, -0.1) is 4.98 Å². The van der Waals surface area contributed by atoms with Gasteiger partial charge in [-0.05, 0) is 12.1 Å². The van der Waals surface area contributed by atoms with E-state index in [1.54, 1.807) is 19.3 Å². The molecule has 2 aromatic rings. The number of amides is 1. The summed E-state index contributed by atoms with van der Waals surface area (Å²) in [6.07, 6.45) is 1.57. The predicted molar refractivity (Wildman–Crippen MR) is 75.8 cm³/mol. The smallest absolute Gasteiger partial charge is 0.322 e. The van der Waals surface area contributed by atoms with Crippen LogP contribution in [0.3, 0.4) is 0 Å². The number of nitrogens with zero attached hydrogens (tertiary/aromatic N) is 4. The van der Waals surface area contributed by atoms with Crippen LogP contribution in [0, 0.1) is 0 Å². The summed E-state index contributed by atoms with van der Waals surface area (Å²) in [7, 11) is 4.39. The zero-order valence-corrected chi connectivity index (χ0v) is 12.4. The summed E-state index contributed by atoms with van der Waals surface area (Å²) in [6, 6.07) is 3.22. The molecular weight excluding hydrogens is 290 g/mol. The van der Waals surface area contributed by atoms with Gasteiger partial charge in [0.25, 0.3) is 11.5 Å². The first kappa shape index (κ1) is 15.4. The van der Waals surface area contributed by atoms with E-state index in [0.29, 0.717) is 0 Å². The fourth-order valence-electron chi connectivity index (χ4n) is 1.66. The Morgan fingerprint density at radius 2 is 1.86 bits per heavy atom. The summed E-state index contributed by atoms with van der Waals surface area (Å²) in [5.74, 6) is -0.260. The molecule has 0 atom stereocenters. The molecule has 2 aromatic heterocycles. The maximum absolute atomic E-state index is 12.0. The molecule has 0 bridgehead atoms. The quantitative estimate of drug-likeness (QED) is 0.794. The zero-order chi connectivity index (χ0) is 16.1. The topological polar surface area (TPSA) is 108 Å². The van der Waals surface area contributed by atoms with Gasteiger partial charge in [0.1, 0.15) is 5.56 Å². The van der Waals surface area contributed by atoms with Crippen LogP contribution < -0.4 is 20.3 Å². The molecule has 1 amide bonds. The molecule has 9 heteroatoms. The van der Waals surface area contributed by atoms with Crippen LogP contribution in [0.25, 0.3) is 0 Å². The molecule has 0 aliphatic rings. The Kier molecular flexibility index (Phi) is 4.66. The molecule has 0 fully saturated rings. The monoisotopic (exact) mass is 305 g/mol. The minimum absolute atomic E-state index is 0.00607. The average molecular weight is 305 g/mol. The van der Waals surface area contributed by atoms with E-state index in [9.17, 15) is 9.59 Å². The molecular formula is C13H15N5O4. The first-order valence-corrected chi connectivity index (χ1v) is 6.32. The van der Waals surface area contributed by atoms with Crippen molar-refractivity contribution in [3.8, 4) is 12.0 Å². The number of ether oxygens (including phenoxy) is 2. The number of aromatic nitrogens is 4. The Morgan fingerprint density at radius 1 is 1.23 bits per heavy atom. The lowest BCUT2D eigenvalue weighted by Gasteiger charge is -2.07. The number of hydrogen-bond donors (Lipinski definition) is 1. The van der Waals surface area contributed by atoms with E-state index in [4.69, 9.17) is 9.47 Å². The Labute approximate surface area is 126 Å². The fourth-order valence-corrected chi connectivity index (χ4v) is 1.66. The summed E-state index contributed by atoms with van der Waals surface area (Å²) < 4.78 is 11.2. The third-order valence-electron chi connectivity index (χ3n) is 2.78. The molecule has 1 N–H and O–H groups in total. The standard InChI is InChI=1S/C13H15N5O4/c1-18-6-4-5-8(11(18)20)10(19)14-7-9-15-12(21-2)17-13(16-9)22-3/h4-6H,7H2,1-3H3,(H,14,19). The molecule has 0 aliphatic carbocycles. The summed E-state index contributed by atoms with van der Waals surface area (Å²) in [6.45, 7) is 0.00607. The van der Waals surface area contributed by atoms with Gasteiger partial charge in [-0.25, -0.2) is 0 Å². The van der Waals surface area contributed by atoms with Gasteiger partial charge in [-0.1, -0.05) is 0 Å². The van der Waals surface area contributed by atoms with Crippen LogP contribution in [0.1, 0.15) is 16.2 Å². The van der Waals surface area contributed by atoms with Crippen molar-refractivity contribution < 1.29 is 14.3 Å². The number of methoxy groups -OCH3 is 2. The second-order valence-corrected chi connectivity index (χ2v) is 4.25. The second-order valence-electron chi connectivity index (χ2n) is 4.25. The van der Waals surface area contributed by atoms with E-state index in [1.165, 1.54) is 24.9 Å². The Balaban J connectivity index is 2.14. The number of carbonyl (C=O) groups is 1. The van der Waals surface area contributed by atoms with Crippen LogP contribution >= 0.6 is 0 Å². The number of carbonyl (C=O) groups excluding carboxylic acids is 1. The Morgan fingerprint density at radius 3 is 2.45 bits per heavy atom. The molecule has 116 valence electrons. The molecule has 0 aromatic carbocycles. The third kappa shape index (κ3) is 3.37. The van der Waals surface area contributed by atoms with E-state index in [-0.39, 0.29) is 35.5 Å².